The monoisotopic (exact) mass is 389 g/mol. The highest BCUT2D eigenvalue weighted by Crippen LogP contribution is 2.24. The third kappa shape index (κ3) is 4.19. The lowest BCUT2D eigenvalue weighted by Crippen LogP contribution is -2.36. The molecule has 0 unspecified atom stereocenters. The number of fused-ring (bicyclic) bond motifs is 1. The molecule has 29 heavy (non-hydrogen) atoms. The van der Waals surface area contributed by atoms with Crippen LogP contribution < -0.4 is 4.74 Å². The first-order valence-corrected chi connectivity index (χ1v) is 10.1. The fourth-order valence-corrected chi connectivity index (χ4v) is 3.97. The van der Waals surface area contributed by atoms with Crippen molar-refractivity contribution in [2.24, 2.45) is 0 Å². The summed E-state index contributed by atoms with van der Waals surface area (Å²) in [6, 6.07) is 16.5. The van der Waals surface area contributed by atoms with Crippen LogP contribution in [0.2, 0.25) is 0 Å². The second kappa shape index (κ2) is 8.11. The Kier molecular flexibility index (Phi) is 5.38. The third-order valence-electron chi connectivity index (χ3n) is 5.60. The van der Waals surface area contributed by atoms with Crippen LogP contribution in [0.15, 0.2) is 48.5 Å². The minimum absolute atomic E-state index is 0.217. The lowest BCUT2D eigenvalue weighted by atomic mass is 9.99. The topological polar surface area (TPSA) is 47.4 Å². The maximum Gasteiger partial charge on any atom is 0.223 e. The standard InChI is InChI=1S/C24H27N3O2/c1-17-14-18(2)27(25-17)22-8-4-19(5-9-22)6-11-24(28)26-13-12-20-15-23(29-3)10-7-21(20)16-26/h4-5,7-10,14-15H,6,11-13,16H2,1-3H3. The Morgan fingerprint density at radius 2 is 1.86 bits per heavy atom. The predicted octanol–water partition coefficient (Wildman–Crippen LogP) is 4.02. The highest BCUT2D eigenvalue weighted by molar-refractivity contribution is 5.76. The Balaban J connectivity index is 1.35. The molecule has 1 amide bonds. The highest BCUT2D eigenvalue weighted by Gasteiger charge is 2.20. The van der Waals surface area contributed by atoms with Crippen LogP contribution in [0, 0.1) is 13.8 Å². The highest BCUT2D eigenvalue weighted by atomic mass is 16.5. The Hall–Kier alpha value is -3.08. The molecule has 0 bridgehead atoms. The van der Waals surface area contributed by atoms with Crippen LogP contribution in [0.1, 0.15) is 34.5 Å². The number of ether oxygens (including phenoxy) is 1. The molecule has 2 heterocycles. The van der Waals surface area contributed by atoms with Crippen LogP contribution in [-0.2, 0) is 24.2 Å². The van der Waals surface area contributed by atoms with E-state index in [2.05, 4.69) is 54.5 Å². The van der Waals surface area contributed by atoms with Gasteiger partial charge in [-0.1, -0.05) is 18.2 Å². The molecule has 0 fully saturated rings. The van der Waals surface area contributed by atoms with Crippen LogP contribution in [0.4, 0.5) is 0 Å². The van der Waals surface area contributed by atoms with E-state index in [0.29, 0.717) is 13.0 Å². The molecule has 0 saturated heterocycles. The molecule has 0 N–H and O–H groups in total. The summed E-state index contributed by atoms with van der Waals surface area (Å²) in [4.78, 5) is 14.7. The number of hydrogen-bond acceptors (Lipinski definition) is 3. The largest absolute Gasteiger partial charge is 0.497 e. The normalized spacial score (nSPS) is 13.3. The molecule has 1 aliphatic heterocycles. The summed E-state index contributed by atoms with van der Waals surface area (Å²) >= 11 is 0. The van der Waals surface area contributed by atoms with E-state index < -0.39 is 0 Å². The molecule has 0 radical (unpaired) electrons. The molecule has 150 valence electrons. The van der Waals surface area contributed by atoms with Gasteiger partial charge in [0.25, 0.3) is 0 Å². The van der Waals surface area contributed by atoms with Crippen molar-refractivity contribution in [2.75, 3.05) is 13.7 Å². The zero-order valence-corrected chi connectivity index (χ0v) is 17.3. The lowest BCUT2D eigenvalue weighted by Gasteiger charge is -2.29. The Morgan fingerprint density at radius 3 is 2.55 bits per heavy atom. The smallest absolute Gasteiger partial charge is 0.223 e. The van der Waals surface area contributed by atoms with Crippen molar-refractivity contribution in [2.45, 2.75) is 39.7 Å². The van der Waals surface area contributed by atoms with E-state index in [4.69, 9.17) is 4.74 Å². The third-order valence-corrected chi connectivity index (χ3v) is 5.60. The van der Waals surface area contributed by atoms with Crippen molar-refractivity contribution < 1.29 is 9.53 Å². The molecule has 0 saturated carbocycles. The molecular formula is C24H27N3O2. The quantitative estimate of drug-likeness (QED) is 0.662. The van der Waals surface area contributed by atoms with Gasteiger partial charge in [0, 0.05) is 25.2 Å². The van der Waals surface area contributed by atoms with E-state index in [1.165, 1.54) is 16.7 Å². The summed E-state index contributed by atoms with van der Waals surface area (Å²) < 4.78 is 7.25. The lowest BCUT2D eigenvalue weighted by molar-refractivity contribution is -0.132. The number of aromatic nitrogens is 2. The summed E-state index contributed by atoms with van der Waals surface area (Å²) in [7, 11) is 1.68. The summed E-state index contributed by atoms with van der Waals surface area (Å²) in [6.07, 6.45) is 2.17. The van der Waals surface area contributed by atoms with Crippen molar-refractivity contribution in [3.05, 3.63) is 76.6 Å². The molecule has 4 rings (SSSR count). The average Bonchev–Trinajstić information content (AvgIpc) is 3.09. The van der Waals surface area contributed by atoms with Gasteiger partial charge in [-0.2, -0.15) is 5.10 Å². The van der Waals surface area contributed by atoms with Gasteiger partial charge < -0.3 is 9.64 Å². The van der Waals surface area contributed by atoms with Crippen molar-refractivity contribution in [1.82, 2.24) is 14.7 Å². The van der Waals surface area contributed by atoms with Gasteiger partial charge in [0.1, 0.15) is 5.75 Å². The predicted molar refractivity (Wildman–Crippen MR) is 113 cm³/mol. The van der Waals surface area contributed by atoms with Crippen LogP contribution in [0.3, 0.4) is 0 Å². The SMILES string of the molecule is COc1ccc2c(c1)CCN(C(=O)CCc1ccc(-n3nc(C)cc3C)cc1)C2. The van der Waals surface area contributed by atoms with Crippen LogP contribution in [0.5, 0.6) is 5.75 Å². The van der Waals surface area contributed by atoms with Gasteiger partial charge in [0.05, 0.1) is 18.5 Å². The van der Waals surface area contributed by atoms with Gasteiger partial charge in [-0.3, -0.25) is 4.79 Å². The van der Waals surface area contributed by atoms with Crippen LogP contribution in [-0.4, -0.2) is 34.2 Å². The number of rotatable bonds is 5. The number of carbonyl (C=O) groups excluding carboxylic acids is 1. The summed E-state index contributed by atoms with van der Waals surface area (Å²) in [6.45, 7) is 5.52. The second-order valence-electron chi connectivity index (χ2n) is 7.71. The molecule has 5 nitrogen and oxygen atoms in total. The van der Waals surface area contributed by atoms with Gasteiger partial charge in [0.15, 0.2) is 0 Å². The molecule has 0 spiro atoms. The number of carbonyl (C=O) groups is 1. The average molecular weight is 389 g/mol. The molecule has 1 aromatic heterocycles. The number of hydrogen-bond donors (Lipinski definition) is 0. The fourth-order valence-electron chi connectivity index (χ4n) is 3.97. The fraction of sp³-hybridized carbons (Fsp3) is 0.333. The Morgan fingerprint density at radius 1 is 1.07 bits per heavy atom. The van der Waals surface area contributed by atoms with Gasteiger partial charge in [0.2, 0.25) is 5.91 Å². The van der Waals surface area contributed by atoms with E-state index in [-0.39, 0.29) is 5.91 Å². The Bertz CT molecular complexity index is 1020. The summed E-state index contributed by atoms with van der Waals surface area (Å²) in [5, 5.41) is 4.52. The molecule has 1 aliphatic rings. The van der Waals surface area contributed by atoms with Crippen molar-refractivity contribution in [3.8, 4) is 11.4 Å². The molecule has 0 aliphatic carbocycles. The number of amides is 1. The van der Waals surface area contributed by atoms with Gasteiger partial charge in [-0.05, 0) is 73.7 Å². The maximum atomic E-state index is 12.7. The first-order valence-electron chi connectivity index (χ1n) is 10.1. The van der Waals surface area contributed by atoms with Gasteiger partial charge in [-0.15, -0.1) is 0 Å². The van der Waals surface area contributed by atoms with E-state index in [0.717, 1.165) is 42.2 Å². The first-order chi connectivity index (χ1) is 14.0. The van der Waals surface area contributed by atoms with Gasteiger partial charge >= 0.3 is 0 Å². The molecule has 2 aromatic carbocycles. The van der Waals surface area contributed by atoms with Crippen LogP contribution >= 0.6 is 0 Å². The van der Waals surface area contributed by atoms with E-state index in [9.17, 15) is 4.79 Å². The summed E-state index contributed by atoms with van der Waals surface area (Å²) in [5.41, 5.74) is 6.86. The molecule has 3 aromatic rings. The molecule has 0 atom stereocenters. The minimum atomic E-state index is 0.217. The van der Waals surface area contributed by atoms with Crippen molar-refractivity contribution in [1.29, 1.82) is 0 Å². The Labute approximate surface area is 171 Å². The number of aryl methyl sites for hydroxylation is 3. The second-order valence-corrected chi connectivity index (χ2v) is 7.71. The van der Waals surface area contributed by atoms with Crippen molar-refractivity contribution >= 4 is 5.91 Å². The minimum Gasteiger partial charge on any atom is -0.497 e. The molecule has 5 heteroatoms. The van der Waals surface area contributed by atoms with E-state index in [1.807, 2.05) is 22.6 Å². The zero-order valence-electron chi connectivity index (χ0n) is 17.3. The van der Waals surface area contributed by atoms with Crippen molar-refractivity contribution in [3.63, 3.8) is 0 Å². The van der Waals surface area contributed by atoms with Crippen LogP contribution in [0.25, 0.3) is 5.69 Å². The number of benzene rings is 2. The van der Waals surface area contributed by atoms with E-state index >= 15 is 0 Å². The first kappa shape index (κ1) is 19.2. The summed E-state index contributed by atoms with van der Waals surface area (Å²) in [5.74, 6) is 1.10. The van der Waals surface area contributed by atoms with E-state index in [1.54, 1.807) is 7.11 Å². The zero-order chi connectivity index (χ0) is 20.4. The maximum absolute atomic E-state index is 12.7. The number of methoxy groups -OCH3 is 1. The molecular weight excluding hydrogens is 362 g/mol. The number of nitrogens with zero attached hydrogens (tertiary/aromatic N) is 3. The van der Waals surface area contributed by atoms with Gasteiger partial charge in [-0.25, -0.2) is 4.68 Å².